The number of allylic oxidation sites excluding steroid dienone is 1. The van der Waals surface area contributed by atoms with E-state index in [4.69, 9.17) is 32.7 Å². The molecule has 1 aliphatic rings. The number of hydrogen-bond donors (Lipinski definition) is 3. The minimum atomic E-state index is -2.07. The van der Waals surface area contributed by atoms with E-state index < -0.39 is 33.0 Å². The van der Waals surface area contributed by atoms with Crippen LogP contribution in [-0.2, 0) is 20.7 Å². The van der Waals surface area contributed by atoms with E-state index in [9.17, 15) is 24.5 Å². The van der Waals surface area contributed by atoms with Crippen LogP contribution in [0.4, 0.5) is 4.79 Å². The fraction of sp³-hybridized carbons (Fsp3) is 0.600. The van der Waals surface area contributed by atoms with E-state index in [2.05, 4.69) is 0 Å². The molecule has 0 radical (unpaired) electrons. The van der Waals surface area contributed by atoms with Gasteiger partial charge < -0.3 is 24.4 Å². The number of nitrogens with zero attached hydrogens (tertiary/aromatic N) is 1. The summed E-state index contributed by atoms with van der Waals surface area (Å²) in [5.41, 5.74) is 1.86. The number of aliphatic hydroxyl groups excluding tert-OH is 1. The topological polar surface area (TPSA) is 117 Å². The average molecular weight is 564 g/mol. The molecule has 3 atom stereocenters. The highest BCUT2D eigenvalue weighted by Crippen LogP contribution is 2.37. The Balaban J connectivity index is 2.04. The molecule has 2 rings (SSSR count). The molecule has 0 bridgehead atoms. The van der Waals surface area contributed by atoms with Gasteiger partial charge in [0.1, 0.15) is 6.23 Å². The zero-order valence-electron chi connectivity index (χ0n) is 20.9. The van der Waals surface area contributed by atoms with Crippen LogP contribution in [0, 0.1) is 11.8 Å². The highest BCUT2D eigenvalue weighted by molar-refractivity contribution is 7.48. The average Bonchev–Trinajstić information content (AvgIpc) is 2.79. The van der Waals surface area contributed by atoms with Crippen LogP contribution in [0.15, 0.2) is 29.6 Å². The second kappa shape index (κ2) is 15.1. The van der Waals surface area contributed by atoms with E-state index in [1.807, 2.05) is 0 Å². The van der Waals surface area contributed by atoms with Gasteiger partial charge in [0, 0.05) is 13.5 Å². The predicted octanol–water partition coefficient (Wildman–Crippen LogP) is 5.99. The summed E-state index contributed by atoms with van der Waals surface area (Å²) in [7, 11) is -2.07. The van der Waals surface area contributed by atoms with E-state index in [-0.39, 0.29) is 18.4 Å². The van der Waals surface area contributed by atoms with Gasteiger partial charge in [0.05, 0.1) is 16.0 Å². The molecule has 0 heterocycles. The van der Waals surface area contributed by atoms with Crippen molar-refractivity contribution in [1.82, 2.24) is 4.90 Å². The Bertz CT molecular complexity index is 912. The van der Waals surface area contributed by atoms with Gasteiger partial charge in [-0.25, -0.2) is 4.79 Å². The van der Waals surface area contributed by atoms with Gasteiger partial charge in [0.2, 0.25) is 6.29 Å². The number of carbonyl (C=O) groups is 2. The number of rotatable bonds is 11. The first-order valence-corrected chi connectivity index (χ1v) is 14.2. The van der Waals surface area contributed by atoms with E-state index in [0.29, 0.717) is 29.3 Å². The molecule has 0 aliphatic heterocycles. The number of amides is 1. The Morgan fingerprint density at radius 3 is 2.56 bits per heavy atom. The number of carbonyl (C=O) groups excluding carboxylic acids is 2. The van der Waals surface area contributed by atoms with Gasteiger partial charge in [-0.15, -0.1) is 0 Å². The van der Waals surface area contributed by atoms with Crippen molar-refractivity contribution in [2.75, 3.05) is 6.54 Å². The van der Waals surface area contributed by atoms with Crippen LogP contribution in [-0.4, -0.2) is 50.9 Å². The fourth-order valence-corrected chi connectivity index (χ4v) is 4.98. The number of esters is 1. The number of ether oxygens (including phenoxy) is 2. The van der Waals surface area contributed by atoms with Crippen molar-refractivity contribution >= 4 is 43.6 Å². The van der Waals surface area contributed by atoms with E-state index in [0.717, 1.165) is 36.8 Å². The first-order chi connectivity index (χ1) is 17.0. The van der Waals surface area contributed by atoms with Crippen LogP contribution in [0.25, 0.3) is 0 Å². The second-order valence-corrected chi connectivity index (χ2v) is 11.1. The molecule has 1 aromatic carbocycles. The lowest BCUT2D eigenvalue weighted by Gasteiger charge is -2.31. The van der Waals surface area contributed by atoms with Gasteiger partial charge in [-0.2, -0.15) is 0 Å². The molecule has 0 saturated heterocycles. The summed E-state index contributed by atoms with van der Waals surface area (Å²) in [6, 6.07) is 5.18. The van der Waals surface area contributed by atoms with Crippen molar-refractivity contribution in [2.45, 2.75) is 78.2 Å². The summed E-state index contributed by atoms with van der Waals surface area (Å²) in [4.78, 5) is 44.6. The molecule has 1 amide bonds. The molecule has 1 aliphatic carbocycles. The third-order valence-corrected chi connectivity index (χ3v) is 7.37. The van der Waals surface area contributed by atoms with Crippen LogP contribution < -0.4 is 0 Å². The Morgan fingerprint density at radius 1 is 1.19 bits per heavy atom. The second-order valence-electron chi connectivity index (χ2n) is 9.36. The SMILES string of the molecule is CC(OC(=O)C(C)C)OC(=O)N(CCc1ccc(Cl)c(Cl)c1)C(O)CCC1CCCC(=CP(O)O)C1. The molecule has 202 valence electrons. The fourth-order valence-electron chi connectivity index (χ4n) is 4.10. The molecule has 8 nitrogen and oxygen atoms in total. The van der Waals surface area contributed by atoms with Crippen molar-refractivity contribution in [3.8, 4) is 0 Å². The molecule has 1 aromatic rings. The highest BCUT2D eigenvalue weighted by atomic mass is 35.5. The van der Waals surface area contributed by atoms with Crippen molar-refractivity contribution in [3.05, 3.63) is 45.2 Å². The normalized spacial score (nSPS) is 18.8. The molecule has 1 fully saturated rings. The van der Waals surface area contributed by atoms with Crippen LogP contribution in [0.3, 0.4) is 0 Å². The third-order valence-electron chi connectivity index (χ3n) is 6.03. The zero-order valence-corrected chi connectivity index (χ0v) is 23.3. The summed E-state index contributed by atoms with van der Waals surface area (Å²) in [5, 5.41) is 11.8. The molecule has 1 saturated carbocycles. The summed E-state index contributed by atoms with van der Waals surface area (Å²) < 4.78 is 10.4. The highest BCUT2D eigenvalue weighted by Gasteiger charge is 2.27. The first-order valence-electron chi connectivity index (χ1n) is 12.1. The van der Waals surface area contributed by atoms with Gasteiger partial charge in [-0.05, 0) is 74.4 Å². The molecule has 11 heteroatoms. The Hall–Kier alpha value is -1.41. The summed E-state index contributed by atoms with van der Waals surface area (Å²) in [5.74, 6) is 0.936. The van der Waals surface area contributed by atoms with Gasteiger partial charge in [-0.3, -0.25) is 9.69 Å². The predicted molar refractivity (Wildman–Crippen MR) is 140 cm³/mol. The van der Waals surface area contributed by atoms with E-state index in [1.165, 1.54) is 17.6 Å². The van der Waals surface area contributed by atoms with Gasteiger partial charge in [-0.1, -0.05) is 48.7 Å². The maximum absolute atomic E-state index is 13.0. The molecule has 0 aromatic heterocycles. The Kier molecular flexibility index (Phi) is 12.9. The first kappa shape index (κ1) is 30.8. The van der Waals surface area contributed by atoms with E-state index >= 15 is 0 Å². The largest absolute Gasteiger partial charge is 0.425 e. The third kappa shape index (κ3) is 10.5. The smallest absolute Gasteiger partial charge is 0.414 e. The minimum Gasteiger partial charge on any atom is -0.425 e. The van der Waals surface area contributed by atoms with Crippen LogP contribution in [0.2, 0.25) is 10.0 Å². The molecule has 36 heavy (non-hydrogen) atoms. The number of aliphatic hydroxyl groups is 1. The molecular formula is C25H36Cl2NO7P. The maximum Gasteiger partial charge on any atom is 0.414 e. The molecular weight excluding hydrogens is 528 g/mol. The van der Waals surface area contributed by atoms with Crippen LogP contribution >= 0.6 is 31.6 Å². The van der Waals surface area contributed by atoms with Gasteiger partial charge in [0.25, 0.3) is 0 Å². The van der Waals surface area contributed by atoms with Gasteiger partial charge >= 0.3 is 12.1 Å². The van der Waals surface area contributed by atoms with Crippen LogP contribution in [0.1, 0.15) is 64.9 Å². The van der Waals surface area contributed by atoms with Crippen molar-refractivity contribution in [1.29, 1.82) is 0 Å². The lowest BCUT2D eigenvalue weighted by molar-refractivity contribution is -0.171. The Morgan fingerprint density at radius 2 is 1.92 bits per heavy atom. The quantitative estimate of drug-likeness (QED) is 0.172. The lowest BCUT2D eigenvalue weighted by atomic mass is 9.83. The maximum atomic E-state index is 13.0. The Labute approximate surface area is 224 Å². The zero-order chi connectivity index (χ0) is 26.8. The monoisotopic (exact) mass is 563 g/mol. The van der Waals surface area contributed by atoms with Crippen LogP contribution in [0.5, 0.6) is 0 Å². The lowest BCUT2D eigenvalue weighted by Crippen LogP contribution is -2.43. The summed E-state index contributed by atoms with van der Waals surface area (Å²) in [6.07, 6.45) is 1.85. The summed E-state index contributed by atoms with van der Waals surface area (Å²) >= 11 is 12.1. The standard InChI is InChI=1S/C25H36Cl2NO7P/c1-16(2)24(30)34-17(3)35-25(31)28(12-11-19-7-9-21(26)22(27)14-19)23(29)10-8-18-5-4-6-20(13-18)15-36(32)33/h7,9,14-18,23,29,32-33H,4-6,8,10-13H2,1-3H3. The van der Waals surface area contributed by atoms with Crippen molar-refractivity contribution < 1.29 is 34.0 Å². The molecule has 3 unspecified atom stereocenters. The van der Waals surface area contributed by atoms with E-state index in [1.54, 1.807) is 32.0 Å². The molecule has 0 spiro atoms. The number of hydrogen-bond acceptors (Lipinski definition) is 7. The number of halogens is 2. The summed E-state index contributed by atoms with van der Waals surface area (Å²) in [6.45, 7) is 4.96. The number of benzene rings is 1. The minimum absolute atomic E-state index is 0.151. The van der Waals surface area contributed by atoms with Crippen molar-refractivity contribution in [2.24, 2.45) is 11.8 Å². The van der Waals surface area contributed by atoms with Crippen molar-refractivity contribution in [3.63, 3.8) is 0 Å². The van der Waals surface area contributed by atoms with Gasteiger partial charge in [0.15, 0.2) is 8.38 Å². The molecule has 3 N–H and O–H groups in total.